The van der Waals surface area contributed by atoms with Gasteiger partial charge in [-0.2, -0.15) is 5.10 Å². The van der Waals surface area contributed by atoms with Crippen molar-refractivity contribution < 1.29 is 0 Å². The van der Waals surface area contributed by atoms with Crippen LogP contribution in [0.25, 0.3) is 11.3 Å². The molecule has 17 heavy (non-hydrogen) atoms. The Morgan fingerprint density at radius 2 is 2.00 bits per heavy atom. The monoisotopic (exact) mass is 229 g/mol. The Kier molecular flexibility index (Phi) is 3.18. The van der Waals surface area contributed by atoms with E-state index < -0.39 is 0 Å². The van der Waals surface area contributed by atoms with Crippen molar-refractivity contribution in [2.45, 2.75) is 33.7 Å². The molecule has 0 aliphatic rings. The van der Waals surface area contributed by atoms with Gasteiger partial charge in [0.1, 0.15) is 0 Å². The number of benzene rings is 1. The fraction of sp³-hybridized carbons (Fsp3) is 0.357. The molecule has 1 aromatic heterocycles. The van der Waals surface area contributed by atoms with Gasteiger partial charge in [0.15, 0.2) is 0 Å². The highest BCUT2D eigenvalue weighted by Gasteiger charge is 2.06. The minimum absolute atomic E-state index is 0.824. The van der Waals surface area contributed by atoms with Crippen LogP contribution >= 0.6 is 0 Å². The van der Waals surface area contributed by atoms with Crippen molar-refractivity contribution in [2.24, 2.45) is 0 Å². The van der Waals surface area contributed by atoms with Crippen LogP contribution in [0.3, 0.4) is 0 Å². The van der Waals surface area contributed by atoms with Gasteiger partial charge in [0.05, 0.1) is 5.69 Å². The Hall–Kier alpha value is -1.77. The third-order valence-corrected chi connectivity index (χ3v) is 2.99. The van der Waals surface area contributed by atoms with Gasteiger partial charge in [-0.25, -0.2) is 0 Å². The van der Waals surface area contributed by atoms with Crippen molar-refractivity contribution in [1.82, 2.24) is 9.78 Å². The molecule has 0 unspecified atom stereocenters. The minimum Gasteiger partial charge on any atom is -0.398 e. The van der Waals surface area contributed by atoms with Gasteiger partial charge in [0, 0.05) is 23.5 Å². The Morgan fingerprint density at radius 1 is 1.24 bits per heavy atom. The topological polar surface area (TPSA) is 43.8 Å². The maximum Gasteiger partial charge on any atom is 0.0926 e. The van der Waals surface area contributed by atoms with Gasteiger partial charge in [0.2, 0.25) is 0 Å². The highest BCUT2D eigenvalue weighted by Crippen LogP contribution is 2.23. The summed E-state index contributed by atoms with van der Waals surface area (Å²) in [5.41, 5.74) is 11.1. The number of aryl methyl sites for hydroxylation is 3. The first-order valence-corrected chi connectivity index (χ1v) is 6.02. The van der Waals surface area contributed by atoms with Crippen molar-refractivity contribution in [3.05, 3.63) is 35.5 Å². The third kappa shape index (κ3) is 2.33. The molecule has 1 aromatic carbocycles. The molecule has 0 bridgehead atoms. The minimum atomic E-state index is 0.824. The first kappa shape index (κ1) is 11.7. The average Bonchev–Trinajstić information content (AvgIpc) is 2.65. The number of nitrogen functional groups attached to an aromatic ring is 1. The van der Waals surface area contributed by atoms with Crippen LogP contribution in [-0.4, -0.2) is 9.78 Å². The molecule has 0 aliphatic heterocycles. The Bertz CT molecular complexity index is 526. The van der Waals surface area contributed by atoms with Gasteiger partial charge in [0.25, 0.3) is 0 Å². The molecule has 1 heterocycles. The maximum atomic E-state index is 5.93. The van der Waals surface area contributed by atoms with Crippen molar-refractivity contribution >= 4 is 5.69 Å². The summed E-state index contributed by atoms with van der Waals surface area (Å²) in [5.74, 6) is 0. The Balaban J connectivity index is 2.39. The van der Waals surface area contributed by atoms with E-state index >= 15 is 0 Å². The summed E-state index contributed by atoms with van der Waals surface area (Å²) in [5, 5.41) is 4.60. The summed E-state index contributed by atoms with van der Waals surface area (Å²) in [6.45, 7) is 7.22. The number of aromatic nitrogens is 2. The number of rotatable bonds is 3. The van der Waals surface area contributed by atoms with Gasteiger partial charge in [-0.15, -0.1) is 0 Å². The predicted octanol–water partition coefficient (Wildman–Crippen LogP) is 3.16. The van der Waals surface area contributed by atoms with Gasteiger partial charge in [-0.1, -0.05) is 19.1 Å². The number of anilines is 1. The molecule has 90 valence electrons. The number of nitrogens with zero attached hydrogens (tertiary/aromatic N) is 2. The van der Waals surface area contributed by atoms with Crippen LogP contribution in [0.2, 0.25) is 0 Å². The Labute approximate surface area is 102 Å². The molecule has 2 aromatic rings. The van der Waals surface area contributed by atoms with Crippen LogP contribution in [0.1, 0.15) is 24.6 Å². The second-order valence-corrected chi connectivity index (χ2v) is 4.47. The number of hydrogen-bond donors (Lipinski definition) is 1. The molecule has 0 aliphatic carbocycles. The summed E-state index contributed by atoms with van der Waals surface area (Å²) in [7, 11) is 0. The second kappa shape index (κ2) is 4.62. The van der Waals surface area contributed by atoms with E-state index in [1.165, 1.54) is 5.69 Å². The van der Waals surface area contributed by atoms with Crippen molar-refractivity contribution in [3.8, 4) is 11.3 Å². The molecule has 0 fully saturated rings. The highest BCUT2D eigenvalue weighted by molar-refractivity contribution is 5.66. The normalized spacial score (nSPS) is 10.8. The summed E-state index contributed by atoms with van der Waals surface area (Å²) in [4.78, 5) is 0. The fourth-order valence-corrected chi connectivity index (χ4v) is 1.89. The van der Waals surface area contributed by atoms with E-state index in [0.29, 0.717) is 0 Å². The first-order chi connectivity index (χ1) is 8.11. The largest absolute Gasteiger partial charge is 0.398 e. The molecule has 0 saturated heterocycles. The SMILES string of the molecule is CCCn1nc(-c2ccc(C)c(N)c2)cc1C. The van der Waals surface area contributed by atoms with Crippen LogP contribution in [0, 0.1) is 13.8 Å². The maximum absolute atomic E-state index is 5.93. The third-order valence-electron chi connectivity index (χ3n) is 2.99. The van der Waals surface area contributed by atoms with Gasteiger partial charge in [-0.3, -0.25) is 4.68 Å². The second-order valence-electron chi connectivity index (χ2n) is 4.47. The van der Waals surface area contributed by atoms with E-state index in [0.717, 1.165) is 35.5 Å². The zero-order valence-electron chi connectivity index (χ0n) is 10.7. The summed E-state index contributed by atoms with van der Waals surface area (Å²) >= 11 is 0. The molecular weight excluding hydrogens is 210 g/mol. The zero-order chi connectivity index (χ0) is 12.4. The van der Waals surface area contributed by atoms with Crippen molar-refractivity contribution in [1.29, 1.82) is 0 Å². The molecule has 3 nitrogen and oxygen atoms in total. The lowest BCUT2D eigenvalue weighted by atomic mass is 10.1. The van der Waals surface area contributed by atoms with Crippen LogP contribution in [0.15, 0.2) is 24.3 Å². The van der Waals surface area contributed by atoms with Gasteiger partial charge in [-0.05, 0) is 38.0 Å². The van der Waals surface area contributed by atoms with E-state index in [-0.39, 0.29) is 0 Å². The molecule has 0 radical (unpaired) electrons. The van der Waals surface area contributed by atoms with Crippen molar-refractivity contribution in [2.75, 3.05) is 5.73 Å². The van der Waals surface area contributed by atoms with Gasteiger partial charge >= 0.3 is 0 Å². The molecule has 0 amide bonds. The molecule has 3 heteroatoms. The lowest BCUT2D eigenvalue weighted by molar-refractivity contribution is 0.589. The van der Waals surface area contributed by atoms with Gasteiger partial charge < -0.3 is 5.73 Å². The molecule has 2 N–H and O–H groups in total. The molecule has 0 saturated carbocycles. The highest BCUT2D eigenvalue weighted by atomic mass is 15.3. The van der Waals surface area contributed by atoms with E-state index in [4.69, 9.17) is 5.73 Å². The Morgan fingerprint density at radius 3 is 2.65 bits per heavy atom. The first-order valence-electron chi connectivity index (χ1n) is 6.02. The standard InChI is InChI=1S/C14H19N3/c1-4-7-17-11(3)8-14(16-17)12-6-5-10(2)13(15)9-12/h5-6,8-9H,4,7,15H2,1-3H3. The summed E-state index contributed by atoms with van der Waals surface area (Å²) < 4.78 is 2.05. The molecular formula is C14H19N3. The summed E-state index contributed by atoms with van der Waals surface area (Å²) in [6, 6.07) is 8.22. The van der Waals surface area contributed by atoms with E-state index in [1.54, 1.807) is 0 Å². The van der Waals surface area contributed by atoms with Crippen LogP contribution < -0.4 is 5.73 Å². The number of hydrogen-bond acceptors (Lipinski definition) is 2. The lowest BCUT2D eigenvalue weighted by Crippen LogP contribution is -2.00. The summed E-state index contributed by atoms with van der Waals surface area (Å²) in [6.07, 6.45) is 1.10. The van der Waals surface area contributed by atoms with E-state index in [2.05, 4.69) is 31.1 Å². The van der Waals surface area contributed by atoms with E-state index in [9.17, 15) is 0 Å². The van der Waals surface area contributed by atoms with Crippen LogP contribution in [0.5, 0.6) is 0 Å². The average molecular weight is 229 g/mol. The van der Waals surface area contributed by atoms with Crippen molar-refractivity contribution in [3.63, 3.8) is 0 Å². The molecule has 2 rings (SSSR count). The van der Waals surface area contributed by atoms with Crippen LogP contribution in [0.4, 0.5) is 5.69 Å². The number of nitrogens with two attached hydrogens (primary N) is 1. The zero-order valence-corrected chi connectivity index (χ0v) is 10.7. The quantitative estimate of drug-likeness (QED) is 0.822. The van der Waals surface area contributed by atoms with E-state index in [1.807, 2.05) is 23.7 Å². The van der Waals surface area contributed by atoms with Crippen LogP contribution in [-0.2, 0) is 6.54 Å². The fourth-order valence-electron chi connectivity index (χ4n) is 1.89. The molecule has 0 spiro atoms. The molecule has 0 atom stereocenters. The smallest absolute Gasteiger partial charge is 0.0926 e. The predicted molar refractivity (Wildman–Crippen MR) is 71.8 cm³/mol. The lowest BCUT2D eigenvalue weighted by Gasteiger charge is -2.02.